The van der Waals surface area contributed by atoms with Crippen LogP contribution in [0.5, 0.6) is 11.5 Å². The molecule has 0 unspecified atom stereocenters. The Bertz CT molecular complexity index is 683. The average Bonchev–Trinajstić information content (AvgIpc) is 2.59. The molecule has 0 saturated carbocycles. The van der Waals surface area contributed by atoms with Crippen LogP contribution in [0.1, 0.15) is 5.56 Å². The first-order valence-electron chi connectivity index (χ1n) is 7.35. The molecule has 0 atom stereocenters. The quantitative estimate of drug-likeness (QED) is 0.456. The lowest BCUT2D eigenvalue weighted by molar-refractivity contribution is -0.384. The molecule has 0 aliphatic rings. The summed E-state index contributed by atoms with van der Waals surface area (Å²) in [5.74, 6) is 1.28. The third-order valence-corrected chi connectivity index (χ3v) is 3.26. The van der Waals surface area contributed by atoms with Crippen molar-refractivity contribution >= 4 is 11.6 Å². The maximum atomic E-state index is 11.8. The predicted molar refractivity (Wildman–Crippen MR) is 88.3 cm³/mol. The zero-order valence-corrected chi connectivity index (χ0v) is 13.2. The minimum atomic E-state index is -0.472. The Kier molecular flexibility index (Phi) is 6.13. The van der Waals surface area contributed by atoms with Gasteiger partial charge in [-0.1, -0.05) is 12.1 Å². The zero-order chi connectivity index (χ0) is 17.4. The van der Waals surface area contributed by atoms with Gasteiger partial charge in [-0.25, -0.2) is 0 Å². The number of carbonyl (C=O) groups is 1. The Labute approximate surface area is 139 Å². The van der Waals surface area contributed by atoms with Crippen LogP contribution in [-0.2, 0) is 11.2 Å². The van der Waals surface area contributed by atoms with Crippen LogP contribution in [0.25, 0.3) is 0 Å². The molecule has 0 aliphatic carbocycles. The summed E-state index contributed by atoms with van der Waals surface area (Å²) >= 11 is 0. The van der Waals surface area contributed by atoms with Crippen molar-refractivity contribution in [1.82, 2.24) is 5.32 Å². The summed E-state index contributed by atoms with van der Waals surface area (Å²) in [5.41, 5.74) is 0.723. The fourth-order valence-corrected chi connectivity index (χ4v) is 2.01. The molecule has 126 valence electrons. The monoisotopic (exact) mass is 330 g/mol. The number of carbonyl (C=O) groups excluding carboxylic acids is 1. The van der Waals surface area contributed by atoms with E-state index in [-0.39, 0.29) is 18.0 Å². The molecule has 0 heterocycles. The molecular weight excluding hydrogens is 312 g/mol. The van der Waals surface area contributed by atoms with Gasteiger partial charge in [0.05, 0.1) is 25.0 Å². The molecule has 0 radical (unpaired) electrons. The van der Waals surface area contributed by atoms with Crippen LogP contribution in [0.3, 0.4) is 0 Å². The van der Waals surface area contributed by atoms with Gasteiger partial charge in [-0.15, -0.1) is 0 Å². The molecule has 0 saturated heterocycles. The van der Waals surface area contributed by atoms with E-state index in [4.69, 9.17) is 9.47 Å². The number of hydrogen-bond donors (Lipinski definition) is 1. The second-order valence-corrected chi connectivity index (χ2v) is 4.97. The number of non-ortho nitro benzene ring substituents is 1. The van der Waals surface area contributed by atoms with Gasteiger partial charge in [0, 0.05) is 12.1 Å². The number of hydrogen-bond acceptors (Lipinski definition) is 5. The van der Waals surface area contributed by atoms with Crippen LogP contribution in [0.2, 0.25) is 0 Å². The molecule has 0 aromatic heterocycles. The van der Waals surface area contributed by atoms with Crippen molar-refractivity contribution in [3.05, 3.63) is 64.2 Å². The Morgan fingerprint density at radius 3 is 2.29 bits per heavy atom. The number of nitrogens with one attached hydrogen (secondary N) is 1. The van der Waals surface area contributed by atoms with E-state index in [0.29, 0.717) is 24.5 Å². The number of nitro groups is 1. The fourth-order valence-electron chi connectivity index (χ4n) is 2.01. The maximum absolute atomic E-state index is 11.8. The number of benzene rings is 2. The highest BCUT2D eigenvalue weighted by Crippen LogP contribution is 2.16. The Hall–Kier alpha value is -3.09. The minimum Gasteiger partial charge on any atom is -0.497 e. The van der Waals surface area contributed by atoms with Crippen molar-refractivity contribution < 1.29 is 19.2 Å². The van der Waals surface area contributed by atoms with Gasteiger partial charge in [-0.2, -0.15) is 0 Å². The van der Waals surface area contributed by atoms with Crippen molar-refractivity contribution in [1.29, 1.82) is 0 Å². The van der Waals surface area contributed by atoms with Crippen LogP contribution in [0.15, 0.2) is 48.5 Å². The Morgan fingerprint density at radius 1 is 1.08 bits per heavy atom. The van der Waals surface area contributed by atoms with Crippen molar-refractivity contribution in [3.63, 3.8) is 0 Å². The van der Waals surface area contributed by atoms with E-state index in [9.17, 15) is 14.9 Å². The summed E-state index contributed by atoms with van der Waals surface area (Å²) in [7, 11) is 1.59. The van der Waals surface area contributed by atoms with Crippen LogP contribution in [0, 0.1) is 10.1 Å². The van der Waals surface area contributed by atoms with Crippen LogP contribution in [-0.4, -0.2) is 31.1 Å². The maximum Gasteiger partial charge on any atom is 0.269 e. The Morgan fingerprint density at radius 2 is 1.71 bits per heavy atom. The molecule has 0 fully saturated rings. The minimum absolute atomic E-state index is 0.00653. The lowest BCUT2D eigenvalue weighted by Gasteiger charge is -2.08. The van der Waals surface area contributed by atoms with Gasteiger partial charge in [0.15, 0.2) is 0 Å². The topological polar surface area (TPSA) is 90.7 Å². The number of ether oxygens (including phenoxy) is 2. The third-order valence-electron chi connectivity index (χ3n) is 3.26. The van der Waals surface area contributed by atoms with E-state index in [1.54, 1.807) is 43.5 Å². The van der Waals surface area contributed by atoms with Gasteiger partial charge in [0.25, 0.3) is 5.69 Å². The van der Waals surface area contributed by atoms with Crippen LogP contribution < -0.4 is 14.8 Å². The second-order valence-electron chi connectivity index (χ2n) is 4.97. The Balaban J connectivity index is 1.69. The molecule has 1 amide bonds. The highest BCUT2D eigenvalue weighted by atomic mass is 16.6. The van der Waals surface area contributed by atoms with Gasteiger partial charge in [-0.05, 0) is 29.8 Å². The number of nitrogens with zero attached hydrogens (tertiary/aromatic N) is 1. The van der Waals surface area contributed by atoms with E-state index < -0.39 is 4.92 Å². The van der Waals surface area contributed by atoms with Gasteiger partial charge < -0.3 is 14.8 Å². The molecule has 2 rings (SSSR count). The van der Waals surface area contributed by atoms with Gasteiger partial charge in [0.1, 0.15) is 18.1 Å². The first-order valence-corrected chi connectivity index (χ1v) is 7.35. The first-order chi connectivity index (χ1) is 11.6. The van der Waals surface area contributed by atoms with Crippen molar-refractivity contribution in [3.8, 4) is 11.5 Å². The molecule has 0 spiro atoms. The highest BCUT2D eigenvalue weighted by Gasteiger charge is 2.07. The van der Waals surface area contributed by atoms with Crippen molar-refractivity contribution in [2.75, 3.05) is 20.3 Å². The van der Waals surface area contributed by atoms with Gasteiger partial charge in [0.2, 0.25) is 5.91 Å². The second kappa shape index (κ2) is 8.52. The van der Waals surface area contributed by atoms with Gasteiger partial charge in [-0.3, -0.25) is 14.9 Å². The summed E-state index contributed by atoms with van der Waals surface area (Å²) in [6.07, 6.45) is 0.167. The third kappa shape index (κ3) is 5.28. The SMILES string of the molecule is COc1ccc(OCCNC(=O)Cc2ccc([N+](=O)[O-])cc2)cc1. The predicted octanol–water partition coefficient (Wildman–Crippen LogP) is 2.34. The molecule has 0 bridgehead atoms. The normalized spacial score (nSPS) is 10.0. The molecule has 1 N–H and O–H groups in total. The number of amides is 1. The lowest BCUT2D eigenvalue weighted by Crippen LogP contribution is -2.29. The standard InChI is InChI=1S/C17H18N2O5/c1-23-15-6-8-16(9-7-15)24-11-10-18-17(20)12-13-2-4-14(5-3-13)19(21)22/h2-9H,10-12H2,1H3,(H,18,20). The molecule has 24 heavy (non-hydrogen) atoms. The highest BCUT2D eigenvalue weighted by molar-refractivity contribution is 5.78. The largest absolute Gasteiger partial charge is 0.497 e. The smallest absolute Gasteiger partial charge is 0.269 e. The van der Waals surface area contributed by atoms with Crippen molar-refractivity contribution in [2.24, 2.45) is 0 Å². The summed E-state index contributed by atoms with van der Waals surface area (Å²) in [4.78, 5) is 21.9. The summed E-state index contributed by atoms with van der Waals surface area (Å²) in [6.45, 7) is 0.718. The summed E-state index contributed by atoms with van der Waals surface area (Å²) in [6, 6.07) is 13.1. The first kappa shape index (κ1) is 17.3. The molecule has 0 aliphatic heterocycles. The van der Waals surface area contributed by atoms with Crippen molar-refractivity contribution in [2.45, 2.75) is 6.42 Å². The van der Waals surface area contributed by atoms with E-state index >= 15 is 0 Å². The molecule has 7 nitrogen and oxygen atoms in total. The van der Waals surface area contributed by atoms with E-state index in [1.807, 2.05) is 0 Å². The number of nitro benzene ring substituents is 1. The fraction of sp³-hybridized carbons (Fsp3) is 0.235. The summed E-state index contributed by atoms with van der Waals surface area (Å²) < 4.78 is 10.6. The summed E-state index contributed by atoms with van der Waals surface area (Å²) in [5, 5.41) is 13.3. The van der Waals surface area contributed by atoms with Gasteiger partial charge >= 0.3 is 0 Å². The lowest BCUT2D eigenvalue weighted by atomic mass is 10.1. The zero-order valence-electron chi connectivity index (χ0n) is 13.2. The molecule has 7 heteroatoms. The van der Waals surface area contributed by atoms with Crippen LogP contribution in [0.4, 0.5) is 5.69 Å². The van der Waals surface area contributed by atoms with Crippen LogP contribution >= 0.6 is 0 Å². The van der Waals surface area contributed by atoms with E-state index in [0.717, 1.165) is 5.75 Å². The molecule has 2 aromatic carbocycles. The van der Waals surface area contributed by atoms with E-state index in [2.05, 4.69) is 5.32 Å². The molecular formula is C17H18N2O5. The molecule has 2 aromatic rings. The number of methoxy groups -OCH3 is 1. The average molecular weight is 330 g/mol. The number of rotatable bonds is 8. The van der Waals surface area contributed by atoms with E-state index in [1.165, 1.54) is 12.1 Å².